The van der Waals surface area contributed by atoms with Gasteiger partial charge in [-0.25, -0.2) is 4.98 Å². The number of aromatic nitrogens is 2. The first-order chi connectivity index (χ1) is 14.6. The standard InChI is InChI=1S/C25H22N2O3/c1-14-13-21-18(3-5-20(27-21)15(2)29)24(17(14)8-11-28)19-4-6-22-23-16(9-12-30-22)7-10-26-25(19)23/h3-7,10,13,28H,8-9,11-12H2,1-2H3. The zero-order valence-corrected chi connectivity index (χ0v) is 17.0. The second kappa shape index (κ2) is 7.18. The summed E-state index contributed by atoms with van der Waals surface area (Å²) in [6.07, 6.45) is 3.24. The van der Waals surface area contributed by atoms with Crippen molar-refractivity contribution < 1.29 is 14.6 Å². The number of carbonyl (C=O) groups excluding carboxylic acids is 1. The van der Waals surface area contributed by atoms with Crippen LogP contribution in [0.5, 0.6) is 5.75 Å². The Labute approximate surface area is 174 Å². The van der Waals surface area contributed by atoms with Crippen LogP contribution in [0, 0.1) is 6.92 Å². The minimum absolute atomic E-state index is 0.0517. The highest BCUT2D eigenvalue weighted by Crippen LogP contribution is 2.42. The number of nitrogens with zero attached hydrogens (tertiary/aromatic N) is 2. The van der Waals surface area contributed by atoms with E-state index in [4.69, 9.17) is 9.72 Å². The minimum Gasteiger partial charge on any atom is -0.493 e. The van der Waals surface area contributed by atoms with Crippen LogP contribution < -0.4 is 4.74 Å². The number of aliphatic hydroxyl groups excluding tert-OH is 1. The molecule has 2 aromatic carbocycles. The molecule has 0 fully saturated rings. The summed E-state index contributed by atoms with van der Waals surface area (Å²) in [4.78, 5) is 21.2. The van der Waals surface area contributed by atoms with Gasteiger partial charge in [-0.15, -0.1) is 0 Å². The maximum Gasteiger partial charge on any atom is 0.178 e. The molecule has 2 aromatic heterocycles. The van der Waals surface area contributed by atoms with Crippen LogP contribution in [0.4, 0.5) is 0 Å². The number of rotatable bonds is 4. The lowest BCUT2D eigenvalue weighted by molar-refractivity contribution is 0.101. The summed E-state index contributed by atoms with van der Waals surface area (Å²) < 4.78 is 5.89. The van der Waals surface area contributed by atoms with Crippen LogP contribution in [0.25, 0.3) is 32.9 Å². The maximum absolute atomic E-state index is 11.9. The van der Waals surface area contributed by atoms with E-state index >= 15 is 0 Å². The highest BCUT2D eigenvalue weighted by molar-refractivity contribution is 6.08. The molecule has 0 unspecified atom stereocenters. The Kier molecular flexibility index (Phi) is 4.48. The van der Waals surface area contributed by atoms with Crippen molar-refractivity contribution in [1.82, 2.24) is 9.97 Å². The molecule has 0 atom stereocenters. The zero-order chi connectivity index (χ0) is 20.8. The Morgan fingerprint density at radius 1 is 1.20 bits per heavy atom. The van der Waals surface area contributed by atoms with E-state index in [1.54, 1.807) is 6.07 Å². The van der Waals surface area contributed by atoms with E-state index in [2.05, 4.69) is 11.1 Å². The SMILES string of the molecule is CC(=O)c1ccc2c(-c3ccc4c5c(ccnc35)CCO4)c(CCO)c(C)cc2n1. The molecule has 30 heavy (non-hydrogen) atoms. The quantitative estimate of drug-likeness (QED) is 0.515. The van der Waals surface area contributed by atoms with Gasteiger partial charge in [-0.05, 0) is 72.0 Å². The van der Waals surface area contributed by atoms with E-state index in [0.29, 0.717) is 18.7 Å². The molecule has 0 amide bonds. The van der Waals surface area contributed by atoms with Crippen molar-refractivity contribution in [2.45, 2.75) is 26.7 Å². The average Bonchev–Trinajstić information content (AvgIpc) is 2.75. The predicted octanol–water partition coefficient (Wildman–Crippen LogP) is 4.43. The van der Waals surface area contributed by atoms with E-state index in [1.165, 1.54) is 12.5 Å². The van der Waals surface area contributed by atoms with E-state index < -0.39 is 0 Å². The minimum atomic E-state index is -0.0593. The molecule has 1 N–H and O–H groups in total. The van der Waals surface area contributed by atoms with Crippen LogP contribution in [0.3, 0.4) is 0 Å². The van der Waals surface area contributed by atoms with Gasteiger partial charge in [0.05, 0.1) is 17.6 Å². The van der Waals surface area contributed by atoms with E-state index in [1.807, 2.05) is 37.4 Å². The summed E-state index contributed by atoms with van der Waals surface area (Å²) in [7, 11) is 0. The zero-order valence-electron chi connectivity index (χ0n) is 17.0. The van der Waals surface area contributed by atoms with Gasteiger partial charge in [-0.2, -0.15) is 0 Å². The highest BCUT2D eigenvalue weighted by Gasteiger charge is 2.21. The van der Waals surface area contributed by atoms with Crippen molar-refractivity contribution in [2.24, 2.45) is 0 Å². The first-order valence-electron chi connectivity index (χ1n) is 10.2. The average molecular weight is 398 g/mol. The molecular formula is C25H22N2O3. The molecule has 0 aliphatic carbocycles. The lowest BCUT2D eigenvalue weighted by atomic mass is 9.88. The Hall–Kier alpha value is -3.31. The van der Waals surface area contributed by atoms with Crippen LogP contribution in [0.15, 0.2) is 42.6 Å². The van der Waals surface area contributed by atoms with Gasteiger partial charge in [-0.1, -0.05) is 0 Å². The number of aryl methyl sites for hydroxylation is 1. The summed E-state index contributed by atoms with van der Waals surface area (Å²) in [6.45, 7) is 4.28. The molecule has 1 aliphatic heterocycles. The number of aliphatic hydroxyl groups is 1. The molecule has 5 heteroatoms. The fourth-order valence-electron chi connectivity index (χ4n) is 4.49. The predicted molar refractivity (Wildman–Crippen MR) is 117 cm³/mol. The van der Waals surface area contributed by atoms with E-state index in [9.17, 15) is 9.90 Å². The van der Waals surface area contributed by atoms with Crippen molar-refractivity contribution in [1.29, 1.82) is 0 Å². The molecule has 5 rings (SSSR count). The van der Waals surface area contributed by atoms with Gasteiger partial charge in [0.25, 0.3) is 0 Å². The van der Waals surface area contributed by atoms with Gasteiger partial charge >= 0.3 is 0 Å². The number of ether oxygens (including phenoxy) is 1. The number of carbonyl (C=O) groups is 1. The number of pyridine rings is 2. The molecule has 0 radical (unpaired) electrons. The number of ketones is 1. The molecule has 0 saturated heterocycles. The summed E-state index contributed by atoms with van der Waals surface area (Å²) in [5, 5.41) is 11.8. The number of hydrogen-bond acceptors (Lipinski definition) is 5. The normalized spacial score (nSPS) is 12.9. The molecule has 1 aliphatic rings. The Morgan fingerprint density at radius 3 is 2.87 bits per heavy atom. The van der Waals surface area contributed by atoms with Crippen LogP contribution in [-0.4, -0.2) is 34.1 Å². The number of hydrogen-bond donors (Lipinski definition) is 1. The summed E-state index contributed by atoms with van der Waals surface area (Å²) in [5.41, 5.74) is 7.48. The molecule has 0 spiro atoms. The molecule has 3 heterocycles. The molecule has 0 bridgehead atoms. The molecule has 0 saturated carbocycles. The Morgan fingerprint density at radius 2 is 2.07 bits per heavy atom. The lowest BCUT2D eigenvalue weighted by Gasteiger charge is -2.21. The third-order valence-electron chi connectivity index (χ3n) is 5.89. The monoisotopic (exact) mass is 398 g/mol. The van der Waals surface area contributed by atoms with Gasteiger partial charge in [0.1, 0.15) is 11.4 Å². The highest BCUT2D eigenvalue weighted by atomic mass is 16.5. The van der Waals surface area contributed by atoms with E-state index in [0.717, 1.165) is 56.2 Å². The van der Waals surface area contributed by atoms with Gasteiger partial charge < -0.3 is 9.84 Å². The van der Waals surface area contributed by atoms with Crippen LogP contribution >= 0.6 is 0 Å². The maximum atomic E-state index is 11.9. The summed E-state index contributed by atoms with van der Waals surface area (Å²) in [5.74, 6) is 0.802. The van der Waals surface area contributed by atoms with Crippen LogP contribution in [-0.2, 0) is 12.8 Å². The number of Topliss-reactive ketones (excluding diaryl/α,β-unsaturated/α-hetero) is 1. The number of fused-ring (bicyclic) bond motifs is 1. The Bertz CT molecular complexity index is 1320. The first-order valence-corrected chi connectivity index (χ1v) is 10.2. The van der Waals surface area contributed by atoms with Crippen molar-refractivity contribution in [2.75, 3.05) is 13.2 Å². The summed E-state index contributed by atoms with van der Waals surface area (Å²) >= 11 is 0. The fraction of sp³-hybridized carbons (Fsp3) is 0.240. The second-order valence-corrected chi connectivity index (χ2v) is 7.74. The topological polar surface area (TPSA) is 72.3 Å². The second-order valence-electron chi connectivity index (χ2n) is 7.74. The Balaban J connectivity index is 1.90. The molecule has 4 aromatic rings. The van der Waals surface area contributed by atoms with E-state index in [-0.39, 0.29) is 12.4 Å². The summed E-state index contributed by atoms with van der Waals surface area (Å²) in [6, 6.07) is 11.8. The number of benzene rings is 2. The van der Waals surface area contributed by atoms with Gasteiger partial charge in [-0.3, -0.25) is 9.78 Å². The smallest absolute Gasteiger partial charge is 0.178 e. The third kappa shape index (κ3) is 2.85. The molecule has 150 valence electrons. The largest absolute Gasteiger partial charge is 0.493 e. The van der Waals surface area contributed by atoms with Gasteiger partial charge in [0.15, 0.2) is 5.78 Å². The van der Waals surface area contributed by atoms with Crippen LogP contribution in [0.1, 0.15) is 34.1 Å². The lowest BCUT2D eigenvalue weighted by Crippen LogP contribution is -2.09. The third-order valence-corrected chi connectivity index (χ3v) is 5.89. The van der Waals surface area contributed by atoms with Gasteiger partial charge in [0.2, 0.25) is 0 Å². The van der Waals surface area contributed by atoms with Crippen molar-refractivity contribution >= 4 is 27.6 Å². The van der Waals surface area contributed by atoms with Gasteiger partial charge in [0, 0.05) is 42.5 Å². The molecule has 5 nitrogen and oxygen atoms in total. The van der Waals surface area contributed by atoms with Crippen LogP contribution in [0.2, 0.25) is 0 Å². The first kappa shape index (κ1) is 18.7. The fourth-order valence-corrected chi connectivity index (χ4v) is 4.49. The molecular weight excluding hydrogens is 376 g/mol. The van der Waals surface area contributed by atoms with Crippen molar-refractivity contribution in [3.05, 3.63) is 65.0 Å². The van der Waals surface area contributed by atoms with Crippen molar-refractivity contribution in [3.63, 3.8) is 0 Å². The van der Waals surface area contributed by atoms with Crippen molar-refractivity contribution in [3.8, 4) is 16.9 Å².